The zero-order valence-electron chi connectivity index (χ0n) is 9.01. The number of halogens is 2. The van der Waals surface area contributed by atoms with Gasteiger partial charge in [-0.2, -0.15) is 4.31 Å². The minimum atomic E-state index is -4.17. The molecule has 0 aliphatic carbocycles. The maximum Gasteiger partial charge on any atom is 0.309 e. The minimum absolute atomic E-state index is 0.229. The van der Waals surface area contributed by atoms with Crippen LogP contribution >= 0.6 is 0 Å². The van der Waals surface area contributed by atoms with Gasteiger partial charge in [-0.25, -0.2) is 17.2 Å². The number of carboxylic acid groups (broad SMARTS) is 1. The number of sulfonamides is 1. The molecule has 0 atom stereocenters. The van der Waals surface area contributed by atoms with Crippen LogP contribution in [0.5, 0.6) is 0 Å². The highest BCUT2D eigenvalue weighted by Crippen LogP contribution is 2.27. The molecule has 0 amide bonds. The molecule has 1 aliphatic rings. The van der Waals surface area contributed by atoms with Gasteiger partial charge in [-0.3, -0.25) is 4.79 Å². The maximum absolute atomic E-state index is 13.4. The van der Waals surface area contributed by atoms with Crippen LogP contribution in [0.1, 0.15) is 0 Å². The van der Waals surface area contributed by atoms with Gasteiger partial charge in [-0.15, -0.1) is 0 Å². The molecule has 8 heteroatoms. The van der Waals surface area contributed by atoms with Crippen LogP contribution < -0.4 is 0 Å². The first-order valence-electron chi connectivity index (χ1n) is 5.00. The van der Waals surface area contributed by atoms with E-state index >= 15 is 0 Å². The van der Waals surface area contributed by atoms with Crippen molar-refractivity contribution in [3.63, 3.8) is 0 Å². The summed E-state index contributed by atoms with van der Waals surface area (Å²) in [5.41, 5.74) is 0. The highest BCUT2D eigenvalue weighted by Gasteiger charge is 2.41. The van der Waals surface area contributed by atoms with Gasteiger partial charge in [0.2, 0.25) is 10.0 Å². The molecular formula is C10H9F2NO4S. The lowest BCUT2D eigenvalue weighted by Crippen LogP contribution is -2.52. The van der Waals surface area contributed by atoms with E-state index in [1.54, 1.807) is 0 Å². The summed E-state index contributed by atoms with van der Waals surface area (Å²) in [5.74, 6) is -3.84. The lowest BCUT2D eigenvalue weighted by molar-refractivity contribution is -0.145. The summed E-state index contributed by atoms with van der Waals surface area (Å²) in [6.45, 7) is -0.457. The molecule has 2 rings (SSSR count). The Morgan fingerprint density at radius 3 is 2.50 bits per heavy atom. The number of hydrogen-bond acceptors (Lipinski definition) is 3. The number of nitrogens with zero attached hydrogens (tertiary/aromatic N) is 1. The van der Waals surface area contributed by atoms with Crippen LogP contribution in [0.3, 0.4) is 0 Å². The zero-order valence-corrected chi connectivity index (χ0v) is 9.82. The summed E-state index contributed by atoms with van der Waals surface area (Å²) in [6.07, 6.45) is 0. The topological polar surface area (TPSA) is 74.7 Å². The largest absolute Gasteiger partial charge is 0.481 e. The molecular weight excluding hydrogens is 268 g/mol. The van der Waals surface area contributed by atoms with Crippen molar-refractivity contribution in [2.75, 3.05) is 13.1 Å². The Labute approximate surface area is 102 Å². The van der Waals surface area contributed by atoms with E-state index in [-0.39, 0.29) is 13.1 Å². The smallest absolute Gasteiger partial charge is 0.309 e. The molecule has 1 N–H and O–H groups in total. The van der Waals surface area contributed by atoms with Gasteiger partial charge in [0.25, 0.3) is 0 Å². The summed E-state index contributed by atoms with van der Waals surface area (Å²) >= 11 is 0. The first kappa shape index (κ1) is 12.9. The van der Waals surface area contributed by atoms with E-state index in [0.717, 1.165) is 16.4 Å². The summed E-state index contributed by atoms with van der Waals surface area (Å²) in [5, 5.41) is 8.63. The first-order chi connectivity index (χ1) is 8.32. The van der Waals surface area contributed by atoms with Crippen LogP contribution in [-0.4, -0.2) is 36.9 Å². The van der Waals surface area contributed by atoms with Crippen LogP contribution in [0.25, 0.3) is 0 Å². The fourth-order valence-corrected chi connectivity index (χ4v) is 3.21. The number of aliphatic carboxylic acids is 1. The lowest BCUT2D eigenvalue weighted by atomic mass is 10.0. The van der Waals surface area contributed by atoms with E-state index in [1.807, 2.05) is 0 Å². The quantitative estimate of drug-likeness (QED) is 0.881. The van der Waals surface area contributed by atoms with Crippen molar-refractivity contribution in [2.24, 2.45) is 5.92 Å². The highest BCUT2D eigenvalue weighted by molar-refractivity contribution is 7.89. The van der Waals surface area contributed by atoms with E-state index in [1.165, 1.54) is 0 Å². The second-order valence-corrected chi connectivity index (χ2v) is 5.84. The molecule has 1 aliphatic heterocycles. The predicted octanol–water partition coefficient (Wildman–Crippen LogP) is 0.670. The summed E-state index contributed by atoms with van der Waals surface area (Å²) in [6, 6.07) is 2.11. The van der Waals surface area contributed by atoms with E-state index < -0.39 is 38.4 Å². The van der Waals surface area contributed by atoms with E-state index in [4.69, 9.17) is 5.11 Å². The third-order valence-corrected chi connectivity index (χ3v) is 4.56. The van der Waals surface area contributed by atoms with Crippen LogP contribution in [0.15, 0.2) is 23.1 Å². The van der Waals surface area contributed by atoms with Crippen molar-refractivity contribution in [3.8, 4) is 0 Å². The Bertz CT molecular complexity index is 596. The Morgan fingerprint density at radius 1 is 1.33 bits per heavy atom. The molecule has 1 heterocycles. The molecule has 0 unspecified atom stereocenters. The van der Waals surface area contributed by atoms with Gasteiger partial charge < -0.3 is 5.11 Å². The van der Waals surface area contributed by atoms with Gasteiger partial charge in [0.15, 0.2) is 0 Å². The third-order valence-electron chi connectivity index (χ3n) is 2.71. The van der Waals surface area contributed by atoms with Gasteiger partial charge in [0.1, 0.15) is 16.5 Å². The molecule has 5 nitrogen and oxygen atoms in total. The normalized spacial score (nSPS) is 17.4. The van der Waals surface area contributed by atoms with Gasteiger partial charge >= 0.3 is 5.97 Å². The number of carbonyl (C=O) groups is 1. The molecule has 0 radical (unpaired) electrons. The van der Waals surface area contributed by atoms with E-state index in [9.17, 15) is 22.0 Å². The van der Waals surface area contributed by atoms with Crippen LogP contribution in [0, 0.1) is 17.6 Å². The van der Waals surface area contributed by atoms with E-state index in [0.29, 0.717) is 6.07 Å². The Balaban J connectivity index is 2.28. The SMILES string of the molecule is O=C(O)C1CN(S(=O)(=O)c2cc(F)ccc2F)C1. The fourth-order valence-electron chi connectivity index (χ4n) is 1.60. The number of hydrogen-bond donors (Lipinski definition) is 1. The Hall–Kier alpha value is -1.54. The monoisotopic (exact) mass is 277 g/mol. The van der Waals surface area contributed by atoms with Crippen molar-refractivity contribution in [3.05, 3.63) is 29.8 Å². The van der Waals surface area contributed by atoms with Crippen molar-refractivity contribution < 1.29 is 27.1 Å². The molecule has 0 saturated carbocycles. The molecule has 0 aromatic heterocycles. The zero-order chi connectivity index (χ0) is 13.5. The molecule has 1 fully saturated rings. The first-order valence-corrected chi connectivity index (χ1v) is 6.44. The predicted molar refractivity (Wildman–Crippen MR) is 56.2 cm³/mol. The molecule has 98 valence electrons. The third kappa shape index (κ3) is 2.08. The van der Waals surface area contributed by atoms with Crippen LogP contribution in [-0.2, 0) is 14.8 Å². The van der Waals surface area contributed by atoms with E-state index in [2.05, 4.69) is 0 Å². The van der Waals surface area contributed by atoms with Gasteiger partial charge in [-0.05, 0) is 18.2 Å². The van der Waals surface area contributed by atoms with Crippen LogP contribution in [0.2, 0.25) is 0 Å². The standard InChI is InChI=1S/C10H9F2NO4S/c11-7-1-2-8(12)9(3-7)18(16,17)13-4-6(5-13)10(14)15/h1-3,6H,4-5H2,(H,14,15). The molecule has 0 bridgehead atoms. The molecule has 1 saturated heterocycles. The lowest BCUT2D eigenvalue weighted by Gasteiger charge is -2.35. The van der Waals surface area contributed by atoms with Gasteiger partial charge in [0, 0.05) is 13.1 Å². The number of rotatable bonds is 3. The summed E-state index contributed by atoms with van der Waals surface area (Å²) in [4.78, 5) is 9.78. The maximum atomic E-state index is 13.4. The highest BCUT2D eigenvalue weighted by atomic mass is 32.2. The molecule has 18 heavy (non-hydrogen) atoms. The average molecular weight is 277 g/mol. The van der Waals surface area contributed by atoms with Crippen molar-refractivity contribution in [1.29, 1.82) is 0 Å². The number of benzene rings is 1. The summed E-state index contributed by atoms with van der Waals surface area (Å²) in [7, 11) is -4.17. The second kappa shape index (κ2) is 4.29. The van der Waals surface area contributed by atoms with Crippen molar-refractivity contribution >= 4 is 16.0 Å². The second-order valence-electron chi connectivity index (χ2n) is 3.93. The summed E-state index contributed by atoms with van der Waals surface area (Å²) < 4.78 is 50.9. The van der Waals surface area contributed by atoms with Crippen molar-refractivity contribution in [2.45, 2.75) is 4.90 Å². The average Bonchev–Trinajstić information content (AvgIpc) is 2.18. The Kier molecular flexibility index (Phi) is 3.07. The molecule has 0 spiro atoms. The van der Waals surface area contributed by atoms with Gasteiger partial charge in [0.05, 0.1) is 5.92 Å². The Morgan fingerprint density at radius 2 is 1.94 bits per heavy atom. The fraction of sp³-hybridized carbons (Fsp3) is 0.300. The molecule has 1 aromatic rings. The minimum Gasteiger partial charge on any atom is -0.481 e. The molecule has 1 aromatic carbocycles. The van der Waals surface area contributed by atoms with Crippen LogP contribution in [0.4, 0.5) is 8.78 Å². The number of carboxylic acids is 1. The van der Waals surface area contributed by atoms with Gasteiger partial charge in [-0.1, -0.05) is 0 Å². The van der Waals surface area contributed by atoms with Crippen molar-refractivity contribution in [1.82, 2.24) is 4.31 Å².